The first-order chi connectivity index (χ1) is 37.2. The lowest BCUT2D eigenvalue weighted by Crippen LogP contribution is -2.61. The second-order valence-corrected chi connectivity index (χ2v) is 19.6. The minimum atomic E-state index is -1.66. The Morgan fingerprint density at radius 3 is 1.45 bits per heavy atom. The molecule has 0 bridgehead atoms. The molecule has 6 N–H and O–H groups in total. The third-order valence-electron chi connectivity index (χ3n) is 12.8. The van der Waals surface area contributed by atoms with Crippen LogP contribution in [0, 0.1) is 0 Å². The van der Waals surface area contributed by atoms with Gasteiger partial charge in [-0.05, 0) is 103 Å². The van der Waals surface area contributed by atoms with Gasteiger partial charge in [-0.1, -0.05) is 225 Å². The van der Waals surface area contributed by atoms with Crippen molar-refractivity contribution in [2.75, 3.05) is 13.2 Å². The van der Waals surface area contributed by atoms with Gasteiger partial charge in [0.2, 0.25) is 5.91 Å². The molecule has 0 saturated carbocycles. The molecule has 0 spiro atoms. The van der Waals surface area contributed by atoms with Crippen LogP contribution >= 0.6 is 0 Å². The summed E-state index contributed by atoms with van der Waals surface area (Å²) in [5, 5.41) is 56.7. The maximum Gasteiger partial charge on any atom is 0.306 e. The number of hydrogen-bond donors (Lipinski definition) is 6. The van der Waals surface area contributed by atoms with Gasteiger partial charge in [-0.15, -0.1) is 0 Å². The summed E-state index contributed by atoms with van der Waals surface area (Å²) in [6.07, 6.45) is 62.2. The van der Waals surface area contributed by atoms with E-state index in [1.165, 1.54) is 64.2 Å². The van der Waals surface area contributed by atoms with Crippen molar-refractivity contribution in [1.82, 2.24) is 5.32 Å². The number of hydrogen-bond acceptors (Lipinski definition) is 10. The van der Waals surface area contributed by atoms with Crippen LogP contribution in [0.3, 0.4) is 0 Å². The molecule has 1 aliphatic heterocycles. The molecule has 430 valence electrons. The first-order valence-corrected chi connectivity index (χ1v) is 29.5. The van der Waals surface area contributed by atoms with Crippen LogP contribution in [0.15, 0.2) is 134 Å². The highest BCUT2D eigenvalue weighted by Crippen LogP contribution is 2.26. The normalized spacial score (nSPS) is 20.1. The summed E-state index contributed by atoms with van der Waals surface area (Å²) in [5.41, 5.74) is 0. The zero-order chi connectivity index (χ0) is 55.4. The number of rotatable bonds is 47. The van der Waals surface area contributed by atoms with Crippen LogP contribution in [-0.4, -0.2) is 99.6 Å². The maximum atomic E-state index is 13.4. The molecular formula is C65H105NO10. The van der Waals surface area contributed by atoms with Crippen molar-refractivity contribution in [1.29, 1.82) is 0 Å². The van der Waals surface area contributed by atoms with Crippen molar-refractivity contribution in [3.63, 3.8) is 0 Å². The molecule has 76 heavy (non-hydrogen) atoms. The number of carbonyl (C=O) groups is 2. The van der Waals surface area contributed by atoms with Crippen molar-refractivity contribution in [3.8, 4) is 0 Å². The number of nitrogens with one attached hydrogen (secondary N) is 1. The van der Waals surface area contributed by atoms with Crippen molar-refractivity contribution in [2.24, 2.45) is 0 Å². The molecule has 8 atom stereocenters. The number of carbonyl (C=O) groups excluding carboxylic acids is 2. The molecule has 1 fully saturated rings. The van der Waals surface area contributed by atoms with Crippen LogP contribution in [0.2, 0.25) is 0 Å². The molecule has 0 aromatic carbocycles. The van der Waals surface area contributed by atoms with Gasteiger partial charge in [0.05, 0.1) is 25.4 Å². The van der Waals surface area contributed by atoms with Gasteiger partial charge < -0.3 is 45.1 Å². The summed E-state index contributed by atoms with van der Waals surface area (Å²) in [5.74, 6) is -1.36. The lowest BCUT2D eigenvalue weighted by molar-refractivity contribution is -0.305. The molecule has 1 aliphatic rings. The monoisotopic (exact) mass is 1060 g/mol. The summed E-state index contributed by atoms with van der Waals surface area (Å²) in [7, 11) is 0. The second kappa shape index (κ2) is 51.6. The van der Waals surface area contributed by atoms with E-state index in [0.717, 1.165) is 83.5 Å². The van der Waals surface area contributed by atoms with Crippen LogP contribution < -0.4 is 5.32 Å². The number of esters is 1. The molecule has 11 heteroatoms. The van der Waals surface area contributed by atoms with Crippen molar-refractivity contribution in [2.45, 2.75) is 250 Å². The first kappa shape index (κ1) is 69.8. The van der Waals surface area contributed by atoms with E-state index in [0.29, 0.717) is 19.3 Å². The molecule has 1 heterocycles. The van der Waals surface area contributed by atoms with Crippen LogP contribution in [0.5, 0.6) is 0 Å². The van der Waals surface area contributed by atoms with Crippen LogP contribution in [0.1, 0.15) is 201 Å². The van der Waals surface area contributed by atoms with E-state index in [2.05, 4.69) is 123 Å². The highest BCUT2D eigenvalue weighted by atomic mass is 16.7. The van der Waals surface area contributed by atoms with Gasteiger partial charge in [0.15, 0.2) is 12.4 Å². The summed E-state index contributed by atoms with van der Waals surface area (Å²) < 4.78 is 17.5. The van der Waals surface area contributed by atoms with Gasteiger partial charge in [-0.3, -0.25) is 9.59 Å². The largest absolute Gasteiger partial charge is 0.454 e. The number of unbranched alkanes of at least 4 members (excludes halogenated alkanes) is 13. The summed E-state index contributed by atoms with van der Waals surface area (Å²) in [4.78, 5) is 26.4. The fourth-order valence-electron chi connectivity index (χ4n) is 8.14. The van der Waals surface area contributed by atoms with E-state index in [1.807, 2.05) is 30.4 Å². The Balaban J connectivity index is 2.81. The topological polar surface area (TPSA) is 175 Å². The number of amides is 1. The van der Waals surface area contributed by atoms with Gasteiger partial charge in [-0.25, -0.2) is 0 Å². The molecule has 0 aromatic heterocycles. The molecule has 11 nitrogen and oxygen atoms in total. The lowest BCUT2D eigenvalue weighted by Gasteiger charge is -2.41. The first-order valence-electron chi connectivity index (χ1n) is 29.5. The van der Waals surface area contributed by atoms with Gasteiger partial charge >= 0.3 is 5.97 Å². The Labute approximate surface area is 461 Å². The van der Waals surface area contributed by atoms with Crippen molar-refractivity contribution < 1.29 is 49.3 Å². The van der Waals surface area contributed by atoms with Gasteiger partial charge in [0.1, 0.15) is 24.4 Å². The summed E-state index contributed by atoms with van der Waals surface area (Å²) in [6.45, 7) is 5.54. The average molecular weight is 1060 g/mol. The summed E-state index contributed by atoms with van der Waals surface area (Å²) in [6, 6.07) is -1.08. The minimum Gasteiger partial charge on any atom is -0.454 e. The Hall–Kier alpha value is -4.20. The van der Waals surface area contributed by atoms with E-state index < -0.39 is 67.4 Å². The van der Waals surface area contributed by atoms with Crippen molar-refractivity contribution in [3.05, 3.63) is 134 Å². The van der Waals surface area contributed by atoms with Gasteiger partial charge in [0, 0.05) is 6.42 Å². The predicted octanol–water partition coefficient (Wildman–Crippen LogP) is 13.7. The molecule has 1 rings (SSSR count). The zero-order valence-corrected chi connectivity index (χ0v) is 47.3. The fraction of sp³-hybridized carbons (Fsp3) is 0.631. The summed E-state index contributed by atoms with van der Waals surface area (Å²) >= 11 is 0. The SMILES string of the molecule is CC/C=C\C/C=C\C/C=C\C/C=C\C/C=C\C/C=C\CCC(=O)OC1C(OCC(NC(=O)C(O)CC/C=C\C/C=C\C/C=C\C/C=C\CCCCC)C(O)/C=C/CCCCCCCCCCCC)OC(CO)C(O)C1O. The van der Waals surface area contributed by atoms with E-state index in [9.17, 15) is 35.1 Å². The van der Waals surface area contributed by atoms with E-state index >= 15 is 0 Å². The highest BCUT2D eigenvalue weighted by Gasteiger charge is 2.47. The second-order valence-electron chi connectivity index (χ2n) is 19.6. The molecule has 0 aliphatic carbocycles. The quantitative estimate of drug-likeness (QED) is 0.0195. The van der Waals surface area contributed by atoms with Crippen LogP contribution in [-0.2, 0) is 23.8 Å². The Bertz CT molecular complexity index is 1740. The number of allylic oxidation sites excluding steroid dienone is 21. The lowest BCUT2D eigenvalue weighted by atomic mass is 9.99. The molecule has 1 saturated heterocycles. The Kier molecular flexibility index (Phi) is 47.4. The maximum absolute atomic E-state index is 13.4. The highest BCUT2D eigenvalue weighted by molar-refractivity contribution is 5.80. The third-order valence-corrected chi connectivity index (χ3v) is 12.8. The third kappa shape index (κ3) is 39.2. The molecular weight excluding hydrogens is 955 g/mol. The van der Waals surface area contributed by atoms with Gasteiger partial charge in [-0.2, -0.15) is 0 Å². The smallest absolute Gasteiger partial charge is 0.306 e. The fourth-order valence-corrected chi connectivity index (χ4v) is 8.14. The minimum absolute atomic E-state index is 0.0161. The standard InChI is InChI=1S/C65H105NO10/c1-4-7-10-13-16-19-22-25-27-29-30-31-33-35-38-41-44-47-50-53-60(70)76-63-62(72)61(71)59(54-67)75-65(63)74-55-56(57(68)51-48-45-42-39-36-24-21-18-15-12-9-6-3)66-64(73)58(69)52-49-46-43-40-37-34-32-28-26-23-20-17-14-11-8-5-2/h7,10,16-17,19-20,25-28,30-31,34-35,37-38,43-44,46-48,51,56-59,61-63,65,67-69,71-72H,4-6,8-9,11-15,18,21-24,29,32-33,36,39-42,45,49-50,52-55H2,1-3H3,(H,66,73)/b10-7-,19-16-,20-17-,27-25-,28-26-,31-30-,37-34-,38-35-,46-43-,47-44-,51-48+. The number of ether oxygens (including phenoxy) is 3. The van der Waals surface area contributed by atoms with Crippen LogP contribution in [0.25, 0.3) is 0 Å². The molecule has 0 aromatic rings. The van der Waals surface area contributed by atoms with E-state index in [1.54, 1.807) is 6.08 Å². The Morgan fingerprint density at radius 2 is 0.947 bits per heavy atom. The van der Waals surface area contributed by atoms with Crippen molar-refractivity contribution >= 4 is 11.9 Å². The Morgan fingerprint density at radius 1 is 0.526 bits per heavy atom. The van der Waals surface area contributed by atoms with E-state index in [4.69, 9.17) is 14.2 Å². The van der Waals surface area contributed by atoms with E-state index in [-0.39, 0.29) is 19.4 Å². The molecule has 1 amide bonds. The molecule has 8 unspecified atom stereocenters. The zero-order valence-electron chi connectivity index (χ0n) is 47.3. The average Bonchev–Trinajstić information content (AvgIpc) is 3.42. The number of aliphatic hydroxyl groups is 5. The molecule has 0 radical (unpaired) electrons. The van der Waals surface area contributed by atoms with Crippen LogP contribution in [0.4, 0.5) is 0 Å². The number of aliphatic hydroxyl groups excluding tert-OH is 5. The predicted molar refractivity (Wildman–Crippen MR) is 314 cm³/mol. The van der Waals surface area contributed by atoms with Gasteiger partial charge in [0.25, 0.3) is 0 Å².